The highest BCUT2D eigenvalue weighted by Gasteiger charge is 2.23. The van der Waals surface area contributed by atoms with Crippen LogP contribution in [0.4, 0.5) is 0 Å². The second-order valence-corrected chi connectivity index (χ2v) is 12.3. The Morgan fingerprint density at radius 3 is 1.60 bits per heavy atom. The van der Waals surface area contributed by atoms with Crippen LogP contribution in [0.2, 0.25) is 0 Å². The van der Waals surface area contributed by atoms with E-state index in [0.717, 1.165) is 60.9 Å². The van der Waals surface area contributed by atoms with Crippen LogP contribution in [0.5, 0.6) is 0 Å². The van der Waals surface area contributed by atoms with Gasteiger partial charge in [0.25, 0.3) is 0 Å². The fraction of sp³-hybridized carbons (Fsp3) is 0. The van der Waals surface area contributed by atoms with E-state index in [0.29, 0.717) is 17.6 Å². The molecule has 0 aliphatic heterocycles. The summed E-state index contributed by atoms with van der Waals surface area (Å²) in [7, 11) is 0. The quantitative estimate of drug-likeness (QED) is 0.188. The molecule has 6 nitrogen and oxygen atoms in total. The zero-order valence-electron chi connectivity index (χ0n) is 26.8. The Morgan fingerprint density at radius 1 is 0.360 bits per heavy atom. The number of para-hydroxylation sites is 2. The maximum atomic E-state index is 5.17. The molecule has 4 aromatic heterocycles. The van der Waals surface area contributed by atoms with Gasteiger partial charge in [-0.15, -0.1) is 0 Å². The Morgan fingerprint density at radius 2 is 0.880 bits per heavy atom. The molecular weight excluding hydrogens is 613 g/mol. The van der Waals surface area contributed by atoms with E-state index in [2.05, 4.69) is 130 Å². The average Bonchev–Trinajstić information content (AvgIpc) is 3.72. The van der Waals surface area contributed by atoms with Crippen LogP contribution in [-0.4, -0.2) is 29.1 Å². The van der Waals surface area contributed by atoms with Gasteiger partial charge in [0.05, 0.1) is 16.6 Å². The van der Waals surface area contributed by atoms with Crippen molar-refractivity contribution in [1.29, 1.82) is 0 Å². The number of hydrogen-bond donors (Lipinski definition) is 0. The molecule has 0 aliphatic rings. The van der Waals surface area contributed by atoms with E-state index in [9.17, 15) is 0 Å². The van der Waals surface area contributed by atoms with Crippen molar-refractivity contribution >= 4 is 43.7 Å². The summed E-state index contributed by atoms with van der Waals surface area (Å²) in [6, 6.07) is 56.6. The van der Waals surface area contributed by atoms with Gasteiger partial charge in [-0.25, -0.2) is 9.97 Å². The number of pyridine rings is 1. The van der Waals surface area contributed by atoms with E-state index in [4.69, 9.17) is 19.9 Å². The lowest BCUT2D eigenvalue weighted by atomic mass is 10.0. The van der Waals surface area contributed by atoms with Crippen LogP contribution in [-0.2, 0) is 0 Å². The van der Waals surface area contributed by atoms with Gasteiger partial charge in [-0.1, -0.05) is 121 Å². The second kappa shape index (κ2) is 11.4. The monoisotopic (exact) mass is 640 g/mol. The molecule has 10 rings (SSSR count). The zero-order chi connectivity index (χ0) is 33.0. The third-order valence-electron chi connectivity index (χ3n) is 9.45. The second-order valence-electron chi connectivity index (χ2n) is 12.3. The first-order valence-corrected chi connectivity index (χ1v) is 16.7. The van der Waals surface area contributed by atoms with Crippen LogP contribution in [0.3, 0.4) is 0 Å². The minimum absolute atomic E-state index is 0.519. The number of rotatable bonds is 5. The molecule has 234 valence electrons. The highest BCUT2D eigenvalue weighted by molar-refractivity contribution is 6.28. The zero-order valence-corrected chi connectivity index (χ0v) is 26.8. The number of fused-ring (bicyclic) bond motifs is 7. The lowest BCUT2D eigenvalue weighted by Gasteiger charge is -2.11. The smallest absolute Gasteiger partial charge is 0.240 e. The molecule has 10 aromatic rings. The molecule has 4 heterocycles. The number of hydrogen-bond acceptors (Lipinski definition) is 4. The third kappa shape index (κ3) is 4.43. The molecule has 0 aliphatic carbocycles. The van der Waals surface area contributed by atoms with Crippen LogP contribution in [0.25, 0.3) is 89.3 Å². The van der Waals surface area contributed by atoms with E-state index in [1.54, 1.807) is 0 Å². The van der Waals surface area contributed by atoms with E-state index in [-0.39, 0.29) is 0 Å². The van der Waals surface area contributed by atoms with Crippen LogP contribution < -0.4 is 0 Å². The van der Waals surface area contributed by atoms with Crippen LogP contribution in [0.15, 0.2) is 170 Å². The maximum Gasteiger partial charge on any atom is 0.240 e. The molecule has 0 N–H and O–H groups in total. The fourth-order valence-electron chi connectivity index (χ4n) is 7.20. The molecule has 0 unspecified atom stereocenters. The number of benzene rings is 6. The van der Waals surface area contributed by atoms with E-state index in [1.165, 1.54) is 10.8 Å². The van der Waals surface area contributed by atoms with Gasteiger partial charge in [0.15, 0.2) is 11.6 Å². The van der Waals surface area contributed by atoms with Crippen molar-refractivity contribution < 1.29 is 0 Å². The standard InChI is InChI=1S/C44H28N6/c1-4-13-29(14-5-1)30-22-24-32(25-23-30)42-46-41(31-15-6-2-7-16-31)47-44(48-42)50-38-27-26-37-39(40(38)35-20-12-28-45-43(35)50)34-19-10-11-21-36(34)49(37)33-17-8-3-9-18-33/h1-28H. The van der Waals surface area contributed by atoms with Crippen molar-refractivity contribution in [3.05, 3.63) is 170 Å². The van der Waals surface area contributed by atoms with Crippen molar-refractivity contribution in [2.45, 2.75) is 0 Å². The first-order chi connectivity index (χ1) is 24.8. The SMILES string of the molecule is c1ccc(-c2ccc(-c3nc(-c4ccccc4)nc(-n4c5ccc6c(c7ccccc7n6-c6ccccc6)c5c5cccnc54)n3)cc2)cc1. The topological polar surface area (TPSA) is 61.4 Å². The Balaban J connectivity index is 1.25. The number of nitrogens with zero attached hydrogens (tertiary/aromatic N) is 6. The predicted molar refractivity (Wildman–Crippen MR) is 203 cm³/mol. The summed E-state index contributed by atoms with van der Waals surface area (Å²) in [5.41, 5.74) is 9.31. The summed E-state index contributed by atoms with van der Waals surface area (Å²) in [5.74, 6) is 1.72. The van der Waals surface area contributed by atoms with Gasteiger partial charge in [-0.05, 0) is 53.6 Å². The van der Waals surface area contributed by atoms with Gasteiger partial charge in [0.2, 0.25) is 5.95 Å². The minimum atomic E-state index is 0.519. The summed E-state index contributed by atoms with van der Waals surface area (Å²) >= 11 is 0. The Kier molecular flexibility index (Phi) is 6.39. The first-order valence-electron chi connectivity index (χ1n) is 16.7. The highest BCUT2D eigenvalue weighted by atomic mass is 15.2. The Labute approximate surface area is 287 Å². The highest BCUT2D eigenvalue weighted by Crippen LogP contribution is 2.41. The van der Waals surface area contributed by atoms with E-state index >= 15 is 0 Å². The van der Waals surface area contributed by atoms with Crippen molar-refractivity contribution in [2.24, 2.45) is 0 Å². The van der Waals surface area contributed by atoms with Gasteiger partial charge in [-0.3, -0.25) is 4.57 Å². The van der Waals surface area contributed by atoms with Crippen molar-refractivity contribution in [3.8, 4) is 45.5 Å². The summed E-state index contributed by atoms with van der Waals surface area (Å²) in [5, 5.41) is 4.51. The van der Waals surface area contributed by atoms with Gasteiger partial charge in [-0.2, -0.15) is 9.97 Å². The first kappa shape index (κ1) is 28.1. The minimum Gasteiger partial charge on any atom is -0.309 e. The Bertz CT molecular complexity index is 2840. The van der Waals surface area contributed by atoms with Gasteiger partial charge >= 0.3 is 0 Å². The van der Waals surface area contributed by atoms with E-state index in [1.807, 2.05) is 48.7 Å². The molecule has 0 spiro atoms. The van der Waals surface area contributed by atoms with E-state index < -0.39 is 0 Å². The molecule has 0 atom stereocenters. The predicted octanol–water partition coefficient (Wildman–Crippen LogP) is 10.5. The van der Waals surface area contributed by atoms with Crippen LogP contribution >= 0.6 is 0 Å². The van der Waals surface area contributed by atoms with Crippen molar-refractivity contribution in [2.75, 3.05) is 0 Å². The third-order valence-corrected chi connectivity index (χ3v) is 9.45. The molecule has 50 heavy (non-hydrogen) atoms. The molecule has 6 heteroatoms. The molecule has 0 fully saturated rings. The van der Waals surface area contributed by atoms with Crippen molar-refractivity contribution in [3.63, 3.8) is 0 Å². The molecule has 0 amide bonds. The number of aromatic nitrogens is 6. The van der Waals surface area contributed by atoms with Gasteiger partial charge < -0.3 is 4.57 Å². The molecule has 0 radical (unpaired) electrons. The van der Waals surface area contributed by atoms with Gasteiger partial charge in [0.1, 0.15) is 5.65 Å². The van der Waals surface area contributed by atoms with Crippen LogP contribution in [0, 0.1) is 0 Å². The normalized spacial score (nSPS) is 11.6. The lowest BCUT2D eigenvalue weighted by molar-refractivity contribution is 0.944. The summed E-state index contributed by atoms with van der Waals surface area (Å²) in [6.45, 7) is 0. The molecule has 0 saturated heterocycles. The largest absolute Gasteiger partial charge is 0.309 e. The molecular formula is C44H28N6. The summed E-state index contributed by atoms with van der Waals surface area (Å²) in [4.78, 5) is 20.3. The lowest BCUT2D eigenvalue weighted by Crippen LogP contribution is -2.07. The van der Waals surface area contributed by atoms with Gasteiger partial charge in [0, 0.05) is 44.6 Å². The average molecular weight is 641 g/mol. The fourth-order valence-corrected chi connectivity index (χ4v) is 7.20. The molecule has 0 saturated carbocycles. The van der Waals surface area contributed by atoms with Crippen molar-refractivity contribution in [1.82, 2.24) is 29.1 Å². The summed E-state index contributed by atoms with van der Waals surface area (Å²) in [6.07, 6.45) is 1.84. The van der Waals surface area contributed by atoms with Crippen LogP contribution in [0.1, 0.15) is 0 Å². The maximum absolute atomic E-state index is 5.17. The summed E-state index contributed by atoms with van der Waals surface area (Å²) < 4.78 is 4.44. The molecule has 0 bridgehead atoms. The Hall–Kier alpha value is -6.92. The molecule has 6 aromatic carbocycles.